The number of unbranched alkanes of at least 4 members (excludes halogenated alkanes) is 38. The van der Waals surface area contributed by atoms with Gasteiger partial charge in [-0.1, -0.05) is 271 Å². The van der Waals surface area contributed by atoms with E-state index < -0.39 is 0 Å². The zero-order valence-electron chi connectivity index (χ0n) is 37.1. The first-order chi connectivity index (χ1) is 25.1. The lowest BCUT2D eigenvalue weighted by Crippen LogP contribution is -2.45. The smallest absolute Gasteiger partial charge is 0.0153 e. The molecule has 0 fully saturated rings. The van der Waals surface area contributed by atoms with Crippen LogP contribution in [0.1, 0.15) is 304 Å². The Kier molecular flexibility index (Phi) is 42.7. The minimum Gasteiger partial charge on any atom is -0.298 e. The second-order valence-corrected chi connectivity index (χ2v) is 18.0. The Hall–Kier alpha value is -0.0400. The Morgan fingerprint density at radius 1 is 0.235 bits per heavy atom. The molecule has 1 nitrogen and oxygen atoms in total. The van der Waals surface area contributed by atoms with Gasteiger partial charge in [-0.3, -0.25) is 4.90 Å². The highest BCUT2D eigenvalue weighted by Gasteiger charge is 2.25. The van der Waals surface area contributed by atoms with Gasteiger partial charge in [0, 0.05) is 5.54 Å². The van der Waals surface area contributed by atoms with Gasteiger partial charge in [-0.25, -0.2) is 0 Å². The Balaban J connectivity index is 4.13. The average Bonchev–Trinajstić information content (AvgIpc) is 3.12. The lowest BCUT2D eigenvalue weighted by atomic mass is 9.92. The summed E-state index contributed by atoms with van der Waals surface area (Å²) in [5, 5.41) is 0. The Morgan fingerprint density at radius 2 is 0.412 bits per heavy atom. The fourth-order valence-corrected chi connectivity index (χ4v) is 8.45. The number of rotatable bonds is 45. The maximum Gasteiger partial charge on any atom is 0.0153 e. The van der Waals surface area contributed by atoms with Crippen molar-refractivity contribution in [3.05, 3.63) is 0 Å². The molecule has 0 bridgehead atoms. The molecular formula is C50H103N. The maximum absolute atomic E-state index is 2.94. The lowest BCUT2D eigenvalue weighted by Gasteiger charge is -2.39. The molecule has 0 aliphatic rings. The SMILES string of the molecule is CCCCCCCCCCCCCCCCCCN(CCCCCCCCCCCCCCCCCC)C(C)(C)CCCCCCCCCCC. The largest absolute Gasteiger partial charge is 0.298 e. The Morgan fingerprint density at radius 3 is 0.627 bits per heavy atom. The van der Waals surface area contributed by atoms with Gasteiger partial charge in [-0.2, -0.15) is 0 Å². The molecule has 0 unspecified atom stereocenters. The zero-order valence-corrected chi connectivity index (χ0v) is 37.1. The zero-order chi connectivity index (χ0) is 37.2. The average molecular weight is 718 g/mol. The van der Waals surface area contributed by atoms with Gasteiger partial charge in [0.25, 0.3) is 0 Å². The van der Waals surface area contributed by atoms with E-state index in [9.17, 15) is 0 Å². The van der Waals surface area contributed by atoms with Gasteiger partial charge in [0.15, 0.2) is 0 Å². The fourth-order valence-electron chi connectivity index (χ4n) is 8.45. The highest BCUT2D eigenvalue weighted by Crippen LogP contribution is 2.25. The maximum atomic E-state index is 2.94. The van der Waals surface area contributed by atoms with Crippen LogP contribution in [-0.4, -0.2) is 23.5 Å². The van der Waals surface area contributed by atoms with Gasteiger partial charge >= 0.3 is 0 Å². The highest BCUT2D eigenvalue weighted by atomic mass is 15.2. The van der Waals surface area contributed by atoms with E-state index in [0.717, 1.165) is 0 Å². The molecule has 1 heteroatoms. The molecule has 0 spiro atoms. The van der Waals surface area contributed by atoms with Crippen molar-refractivity contribution < 1.29 is 0 Å². The molecule has 0 aromatic carbocycles. The van der Waals surface area contributed by atoms with E-state index >= 15 is 0 Å². The first-order valence-corrected chi connectivity index (χ1v) is 24.8. The molecular weight excluding hydrogens is 615 g/mol. The monoisotopic (exact) mass is 718 g/mol. The summed E-state index contributed by atoms with van der Waals surface area (Å²) in [5.41, 5.74) is 0.367. The van der Waals surface area contributed by atoms with E-state index in [0.29, 0.717) is 5.54 Å². The van der Waals surface area contributed by atoms with E-state index in [1.807, 2.05) is 0 Å². The summed E-state index contributed by atoms with van der Waals surface area (Å²) in [6.07, 6.45) is 61.2. The van der Waals surface area contributed by atoms with Crippen molar-refractivity contribution >= 4 is 0 Å². The van der Waals surface area contributed by atoms with Crippen LogP contribution in [0.5, 0.6) is 0 Å². The predicted molar refractivity (Wildman–Crippen MR) is 237 cm³/mol. The molecule has 0 aromatic heterocycles. The van der Waals surface area contributed by atoms with E-state index in [-0.39, 0.29) is 0 Å². The van der Waals surface area contributed by atoms with Crippen molar-refractivity contribution in [2.24, 2.45) is 0 Å². The Labute approximate surface area is 326 Å². The molecule has 0 heterocycles. The molecule has 0 saturated heterocycles. The topological polar surface area (TPSA) is 3.24 Å². The second kappa shape index (κ2) is 42.7. The van der Waals surface area contributed by atoms with Crippen molar-refractivity contribution in [2.45, 2.75) is 310 Å². The van der Waals surface area contributed by atoms with Crippen LogP contribution >= 0.6 is 0 Å². The van der Waals surface area contributed by atoms with Gasteiger partial charge in [0.1, 0.15) is 0 Å². The molecule has 51 heavy (non-hydrogen) atoms. The summed E-state index contributed by atoms with van der Waals surface area (Å²) in [6.45, 7) is 14.8. The van der Waals surface area contributed by atoms with Crippen LogP contribution in [0.4, 0.5) is 0 Å². The fraction of sp³-hybridized carbons (Fsp3) is 1.00. The van der Waals surface area contributed by atoms with Gasteiger partial charge in [0.05, 0.1) is 0 Å². The van der Waals surface area contributed by atoms with Crippen molar-refractivity contribution in [3.63, 3.8) is 0 Å². The lowest BCUT2D eigenvalue weighted by molar-refractivity contribution is 0.102. The first-order valence-electron chi connectivity index (χ1n) is 24.8. The van der Waals surface area contributed by atoms with Gasteiger partial charge in [-0.15, -0.1) is 0 Å². The summed E-state index contributed by atoms with van der Waals surface area (Å²) in [7, 11) is 0. The summed E-state index contributed by atoms with van der Waals surface area (Å²) >= 11 is 0. The summed E-state index contributed by atoms with van der Waals surface area (Å²) in [4.78, 5) is 2.94. The van der Waals surface area contributed by atoms with Crippen LogP contribution in [0.25, 0.3) is 0 Å². The molecule has 0 aromatic rings. The Bertz CT molecular complexity index is 574. The van der Waals surface area contributed by atoms with Crippen molar-refractivity contribution in [1.29, 1.82) is 0 Å². The minimum atomic E-state index is 0.367. The van der Waals surface area contributed by atoms with Crippen molar-refractivity contribution in [2.75, 3.05) is 13.1 Å². The van der Waals surface area contributed by atoms with Gasteiger partial charge in [-0.05, 0) is 46.2 Å². The molecule has 0 amide bonds. The molecule has 0 aliphatic heterocycles. The third-order valence-electron chi connectivity index (χ3n) is 12.3. The van der Waals surface area contributed by atoms with Crippen molar-refractivity contribution in [3.8, 4) is 0 Å². The molecule has 0 saturated carbocycles. The van der Waals surface area contributed by atoms with Crippen LogP contribution in [0.3, 0.4) is 0 Å². The van der Waals surface area contributed by atoms with E-state index in [1.165, 1.54) is 283 Å². The van der Waals surface area contributed by atoms with Crippen LogP contribution in [0, 0.1) is 0 Å². The van der Waals surface area contributed by atoms with E-state index in [1.54, 1.807) is 0 Å². The molecule has 0 radical (unpaired) electrons. The standard InChI is InChI=1S/C50H103N/c1-6-9-12-15-18-21-23-25-27-29-31-33-36-39-42-45-48-51(50(4,5)47-44-41-38-35-20-17-14-11-8-3)49-46-43-40-37-34-32-30-28-26-24-22-19-16-13-10-7-2/h6-49H2,1-5H3. The molecule has 0 rings (SSSR count). The molecule has 0 aliphatic carbocycles. The molecule has 0 atom stereocenters. The summed E-state index contributed by atoms with van der Waals surface area (Å²) in [5.74, 6) is 0. The summed E-state index contributed by atoms with van der Waals surface area (Å²) in [6, 6.07) is 0. The van der Waals surface area contributed by atoms with E-state index in [2.05, 4.69) is 39.5 Å². The normalized spacial score (nSPS) is 12.1. The van der Waals surface area contributed by atoms with Gasteiger partial charge in [0.2, 0.25) is 0 Å². The summed E-state index contributed by atoms with van der Waals surface area (Å²) < 4.78 is 0. The number of hydrogen-bond acceptors (Lipinski definition) is 1. The number of nitrogens with zero attached hydrogens (tertiary/aromatic N) is 1. The van der Waals surface area contributed by atoms with Crippen LogP contribution in [-0.2, 0) is 0 Å². The van der Waals surface area contributed by atoms with Crippen LogP contribution in [0.2, 0.25) is 0 Å². The van der Waals surface area contributed by atoms with E-state index in [4.69, 9.17) is 0 Å². The van der Waals surface area contributed by atoms with Crippen molar-refractivity contribution in [1.82, 2.24) is 4.90 Å². The highest BCUT2D eigenvalue weighted by molar-refractivity contribution is 4.81. The third kappa shape index (κ3) is 39.5. The van der Waals surface area contributed by atoms with Gasteiger partial charge < -0.3 is 0 Å². The first kappa shape index (κ1) is 51.0. The predicted octanol–water partition coefficient (Wildman–Crippen LogP) is 18.5. The van der Waals surface area contributed by atoms with Crippen LogP contribution < -0.4 is 0 Å². The number of hydrogen-bond donors (Lipinski definition) is 0. The molecule has 308 valence electrons. The quantitative estimate of drug-likeness (QED) is 0.0567. The minimum absolute atomic E-state index is 0.367. The molecule has 0 N–H and O–H groups in total. The second-order valence-electron chi connectivity index (χ2n) is 18.0. The third-order valence-corrected chi connectivity index (χ3v) is 12.3. The van der Waals surface area contributed by atoms with Crippen LogP contribution in [0.15, 0.2) is 0 Å².